The van der Waals surface area contributed by atoms with Gasteiger partial charge in [-0.25, -0.2) is 0 Å². The van der Waals surface area contributed by atoms with Gasteiger partial charge in [0.05, 0.1) is 26.4 Å². The summed E-state index contributed by atoms with van der Waals surface area (Å²) in [6.07, 6.45) is 8.15. The van der Waals surface area contributed by atoms with E-state index in [1.165, 1.54) is 0 Å². The number of hydrogen-bond acceptors (Lipinski definition) is 6. The van der Waals surface area contributed by atoms with Crippen LogP contribution in [-0.2, 0) is 31.2 Å². The van der Waals surface area contributed by atoms with Crippen molar-refractivity contribution in [3.05, 3.63) is 0 Å². The molecule has 1 aliphatic rings. The molecule has 1 rings (SSSR count). The molecule has 6 nitrogen and oxygen atoms in total. The summed E-state index contributed by atoms with van der Waals surface area (Å²) >= 11 is 0. The molecule has 0 aromatic heterocycles. The number of aliphatic hydroxyl groups is 4. The molecule has 0 spiro atoms. The van der Waals surface area contributed by atoms with Gasteiger partial charge in [0.25, 0.3) is 0 Å². The van der Waals surface area contributed by atoms with Crippen LogP contribution in [0.15, 0.2) is 0 Å². The Balaban J connectivity index is -0.0000000743. The minimum Gasteiger partial charge on any atom is -0.396 e. The molecule has 0 unspecified atom stereocenters. The van der Waals surface area contributed by atoms with Crippen LogP contribution in [0, 0.1) is 0 Å². The van der Waals surface area contributed by atoms with Crippen LogP contribution in [0.3, 0.4) is 0 Å². The molecule has 0 bridgehead atoms. The van der Waals surface area contributed by atoms with Gasteiger partial charge in [-0.3, -0.25) is 0 Å². The fraction of sp³-hybridized carbons (Fsp3) is 1.00. The topological polar surface area (TPSA) is 99.4 Å². The zero-order valence-electron chi connectivity index (χ0n) is 18.4. The summed E-state index contributed by atoms with van der Waals surface area (Å²) in [7, 11) is 0. The zero-order chi connectivity index (χ0) is 20.7. The molecule has 0 amide bonds. The Labute approximate surface area is 183 Å². The summed E-state index contributed by atoms with van der Waals surface area (Å²) < 4.78 is 9.89. The number of unbranched alkanes of at least 4 members (excludes halogenated alkanes) is 4. The molecule has 0 saturated carbocycles. The van der Waals surface area contributed by atoms with Gasteiger partial charge in [0.15, 0.2) is 0 Å². The molecule has 7 heteroatoms. The molecule has 0 aromatic carbocycles. The van der Waals surface area contributed by atoms with Crippen molar-refractivity contribution in [2.75, 3.05) is 52.9 Å². The minimum atomic E-state index is 0. The number of rotatable bonds is 8. The number of aliphatic hydroxyl groups excluding tert-OH is 4. The van der Waals surface area contributed by atoms with E-state index in [1.807, 2.05) is 0 Å². The predicted octanol–water partition coefficient (Wildman–Crippen LogP) is 3.15. The fourth-order valence-electron chi connectivity index (χ4n) is 1.07. The Bertz CT molecular complexity index is 129. The molecule has 1 aliphatic heterocycles. The molecular weight excluding hydrogens is 384 g/mol. The minimum absolute atomic E-state index is 0. The third-order valence-corrected chi connectivity index (χ3v) is 2.79. The van der Waals surface area contributed by atoms with Gasteiger partial charge >= 0.3 is 0 Å². The Morgan fingerprint density at radius 3 is 0.704 bits per heavy atom. The maximum Gasteiger partial charge on any atom is 0.0701 e. The van der Waals surface area contributed by atoms with Crippen molar-refractivity contribution in [1.82, 2.24) is 0 Å². The first-order valence-electron chi connectivity index (χ1n) is 10.2. The van der Waals surface area contributed by atoms with Crippen LogP contribution >= 0.6 is 0 Å². The van der Waals surface area contributed by atoms with Crippen molar-refractivity contribution >= 4 is 0 Å². The van der Waals surface area contributed by atoms with Crippen molar-refractivity contribution in [2.45, 2.75) is 79.1 Å². The first-order chi connectivity index (χ1) is 12.7. The van der Waals surface area contributed by atoms with Crippen LogP contribution in [-0.4, -0.2) is 73.3 Å². The summed E-state index contributed by atoms with van der Waals surface area (Å²) in [4.78, 5) is 0. The van der Waals surface area contributed by atoms with Crippen molar-refractivity contribution < 1.29 is 51.6 Å². The van der Waals surface area contributed by atoms with Gasteiger partial charge in [0, 0.05) is 48.1 Å². The van der Waals surface area contributed by atoms with Gasteiger partial charge in [0.2, 0.25) is 0 Å². The average Bonchev–Trinajstić information content (AvgIpc) is 2.68. The summed E-state index contributed by atoms with van der Waals surface area (Å²) in [5, 5.41) is 32.3. The van der Waals surface area contributed by atoms with Gasteiger partial charge in [-0.2, -0.15) is 0 Å². The van der Waals surface area contributed by atoms with Crippen LogP contribution in [0.25, 0.3) is 0 Å². The van der Waals surface area contributed by atoms with Crippen LogP contribution in [0.2, 0.25) is 0 Å². The Hall–Kier alpha value is 0.474. The van der Waals surface area contributed by atoms with Crippen molar-refractivity contribution in [3.63, 3.8) is 0 Å². The summed E-state index contributed by atoms with van der Waals surface area (Å²) in [6.45, 7) is 12.7. The third-order valence-electron chi connectivity index (χ3n) is 2.79. The molecule has 4 N–H and O–H groups in total. The average molecular weight is 432 g/mol. The van der Waals surface area contributed by atoms with Gasteiger partial charge in [-0.15, -0.1) is 0 Å². The van der Waals surface area contributed by atoms with Crippen molar-refractivity contribution in [1.29, 1.82) is 0 Å². The SMILES string of the molecule is C1COCCO1.CCCCO.CCCCO.CCCCO.CCCCO.[Ti]. The van der Waals surface area contributed by atoms with Crippen LogP contribution in [0.1, 0.15) is 79.1 Å². The predicted molar refractivity (Wildman–Crippen MR) is 110 cm³/mol. The van der Waals surface area contributed by atoms with Crippen LogP contribution < -0.4 is 0 Å². The largest absolute Gasteiger partial charge is 0.396 e. The summed E-state index contributed by atoms with van der Waals surface area (Å²) in [6, 6.07) is 0. The second kappa shape index (κ2) is 50.3. The standard InChI is InChI=1S/C4H8O2.4C4H10O.Ti/c1-2-6-4-3-5-1;4*1-2-3-4-5;/h1-4H2;4*5H,2-4H2,1H3;. The molecular formula is C20H48O6Ti. The van der Waals surface area contributed by atoms with E-state index < -0.39 is 0 Å². The zero-order valence-corrected chi connectivity index (χ0v) is 20.0. The van der Waals surface area contributed by atoms with E-state index >= 15 is 0 Å². The quantitative estimate of drug-likeness (QED) is 0.440. The van der Waals surface area contributed by atoms with Gasteiger partial charge < -0.3 is 29.9 Å². The maximum absolute atomic E-state index is 8.07. The van der Waals surface area contributed by atoms with E-state index in [-0.39, 0.29) is 21.7 Å². The summed E-state index contributed by atoms with van der Waals surface area (Å²) in [5.74, 6) is 0. The van der Waals surface area contributed by atoms with Crippen LogP contribution in [0.5, 0.6) is 0 Å². The van der Waals surface area contributed by atoms with Crippen molar-refractivity contribution in [2.24, 2.45) is 0 Å². The monoisotopic (exact) mass is 432 g/mol. The molecule has 1 heterocycles. The molecule has 27 heavy (non-hydrogen) atoms. The fourth-order valence-corrected chi connectivity index (χ4v) is 1.07. The Morgan fingerprint density at radius 1 is 0.481 bits per heavy atom. The van der Waals surface area contributed by atoms with Crippen LogP contribution in [0.4, 0.5) is 0 Å². The number of ether oxygens (including phenoxy) is 2. The maximum atomic E-state index is 8.07. The Kier molecular flexibility index (Phi) is 71.1. The summed E-state index contributed by atoms with van der Waals surface area (Å²) in [5.41, 5.74) is 0. The first-order valence-corrected chi connectivity index (χ1v) is 10.2. The smallest absolute Gasteiger partial charge is 0.0701 e. The molecule has 0 aromatic rings. The third kappa shape index (κ3) is 75.7. The van der Waals surface area contributed by atoms with Gasteiger partial charge in [-0.1, -0.05) is 53.4 Å². The first kappa shape index (κ1) is 38.1. The van der Waals surface area contributed by atoms with Crippen molar-refractivity contribution in [3.8, 4) is 0 Å². The second-order valence-corrected chi connectivity index (χ2v) is 5.53. The molecule has 168 valence electrons. The molecule has 0 radical (unpaired) electrons. The van der Waals surface area contributed by atoms with E-state index in [9.17, 15) is 0 Å². The Morgan fingerprint density at radius 2 is 0.667 bits per heavy atom. The van der Waals surface area contributed by atoms with E-state index in [2.05, 4.69) is 27.7 Å². The molecule has 0 aliphatic carbocycles. The normalized spacial score (nSPS) is 11.6. The second-order valence-electron chi connectivity index (χ2n) is 5.53. The van der Waals surface area contributed by atoms with E-state index in [0.29, 0.717) is 26.4 Å². The molecule has 0 atom stereocenters. The van der Waals surface area contributed by atoms with Gasteiger partial charge in [-0.05, 0) is 25.7 Å². The number of hydrogen-bond donors (Lipinski definition) is 4. The van der Waals surface area contributed by atoms with E-state index in [0.717, 1.165) is 77.8 Å². The van der Waals surface area contributed by atoms with E-state index in [4.69, 9.17) is 29.9 Å². The molecule has 1 fully saturated rings. The van der Waals surface area contributed by atoms with Gasteiger partial charge in [0.1, 0.15) is 0 Å². The molecule has 1 saturated heterocycles. The van der Waals surface area contributed by atoms with E-state index in [1.54, 1.807) is 0 Å².